The van der Waals surface area contributed by atoms with E-state index in [1.165, 1.54) is 33.4 Å². The zero-order valence-electron chi connectivity index (χ0n) is 26.7. The van der Waals surface area contributed by atoms with Crippen molar-refractivity contribution < 1.29 is 9.09 Å². The Morgan fingerprint density at radius 1 is 0.422 bits per heavy atom. The van der Waals surface area contributed by atoms with E-state index in [4.69, 9.17) is 4.52 Å². The minimum atomic E-state index is -3.64. The molecule has 1 heterocycles. The van der Waals surface area contributed by atoms with Crippen molar-refractivity contribution in [1.82, 2.24) is 0 Å². The number of rotatable bonds is 4. The lowest BCUT2D eigenvalue weighted by molar-refractivity contribution is 0.502. The standard InChI is InChI=1S/C42H37O2P/c1-26-15-12-16-27(2)37(26)35-25-34-33-23-10-11-24-36(33)44-45(43,32-21-8-7-9-22-32)42(34)41(39-30(5)19-14-20-31(39)6)40(35)38-28(3)17-13-18-29(38)4/h7-25H,1-6H3. The summed E-state index contributed by atoms with van der Waals surface area (Å²) in [4.78, 5) is 0. The fourth-order valence-electron chi connectivity index (χ4n) is 7.30. The molecule has 0 fully saturated rings. The highest BCUT2D eigenvalue weighted by Crippen LogP contribution is 2.59. The summed E-state index contributed by atoms with van der Waals surface area (Å²) in [6.45, 7) is 13.1. The third-order valence-corrected chi connectivity index (χ3v) is 11.8. The molecular weight excluding hydrogens is 567 g/mol. The van der Waals surface area contributed by atoms with Gasteiger partial charge in [-0.2, -0.15) is 0 Å². The molecule has 3 heteroatoms. The van der Waals surface area contributed by atoms with Crippen molar-refractivity contribution >= 4 is 18.0 Å². The largest absolute Gasteiger partial charge is 0.436 e. The maximum absolute atomic E-state index is 15.9. The van der Waals surface area contributed by atoms with Gasteiger partial charge in [0.2, 0.25) is 0 Å². The summed E-state index contributed by atoms with van der Waals surface area (Å²) in [6, 6.07) is 39.6. The third kappa shape index (κ3) is 4.59. The van der Waals surface area contributed by atoms with Crippen molar-refractivity contribution in [3.05, 3.63) is 149 Å². The van der Waals surface area contributed by atoms with Crippen LogP contribution in [0.4, 0.5) is 0 Å². The summed E-state index contributed by atoms with van der Waals surface area (Å²) in [5.74, 6) is 0.650. The van der Waals surface area contributed by atoms with Gasteiger partial charge in [0.1, 0.15) is 5.75 Å². The van der Waals surface area contributed by atoms with Gasteiger partial charge in [-0.3, -0.25) is 4.57 Å². The predicted octanol–water partition coefficient (Wildman–Crippen LogP) is 10.8. The minimum absolute atomic E-state index is 0.650. The Morgan fingerprint density at radius 2 is 0.889 bits per heavy atom. The molecule has 7 rings (SSSR count). The van der Waals surface area contributed by atoms with Crippen LogP contribution in [0.3, 0.4) is 0 Å². The lowest BCUT2D eigenvalue weighted by Crippen LogP contribution is -2.28. The average Bonchev–Trinajstić information content (AvgIpc) is 3.02. The maximum Gasteiger partial charge on any atom is 0.308 e. The molecule has 0 saturated carbocycles. The van der Waals surface area contributed by atoms with Gasteiger partial charge in [0, 0.05) is 16.7 Å². The quantitative estimate of drug-likeness (QED) is 0.187. The van der Waals surface area contributed by atoms with Crippen molar-refractivity contribution in [3.8, 4) is 50.3 Å². The van der Waals surface area contributed by atoms with Crippen molar-refractivity contribution in [2.45, 2.75) is 41.5 Å². The van der Waals surface area contributed by atoms with Gasteiger partial charge >= 0.3 is 7.37 Å². The lowest BCUT2D eigenvalue weighted by Gasteiger charge is -2.34. The molecule has 1 aliphatic heterocycles. The summed E-state index contributed by atoms with van der Waals surface area (Å²) in [6.07, 6.45) is 0. The Bertz CT molecular complexity index is 2110. The first-order chi connectivity index (χ1) is 21.7. The Labute approximate surface area is 266 Å². The van der Waals surface area contributed by atoms with E-state index in [2.05, 4.69) is 108 Å². The van der Waals surface area contributed by atoms with E-state index in [9.17, 15) is 0 Å². The van der Waals surface area contributed by atoms with Crippen LogP contribution in [0.2, 0.25) is 0 Å². The van der Waals surface area contributed by atoms with Crippen LogP contribution in [0, 0.1) is 41.5 Å². The number of hydrogen-bond donors (Lipinski definition) is 0. The average molecular weight is 605 g/mol. The summed E-state index contributed by atoms with van der Waals surface area (Å²) in [5, 5.41) is 1.47. The first kappa shape index (κ1) is 29.1. The van der Waals surface area contributed by atoms with E-state index in [1.807, 2.05) is 48.5 Å². The van der Waals surface area contributed by atoms with Crippen LogP contribution < -0.4 is 15.1 Å². The van der Waals surface area contributed by atoms with Crippen molar-refractivity contribution in [3.63, 3.8) is 0 Å². The SMILES string of the molecule is Cc1cccc(C)c1-c1cc2c(c(-c3c(C)cccc3C)c1-c1c(C)cccc1C)P(=O)(c1ccccc1)Oc1ccccc1-2. The highest BCUT2D eigenvalue weighted by Gasteiger charge is 2.43. The fourth-order valence-corrected chi connectivity index (χ4v) is 9.78. The second kappa shape index (κ2) is 11.1. The van der Waals surface area contributed by atoms with Gasteiger partial charge in [-0.25, -0.2) is 0 Å². The van der Waals surface area contributed by atoms with Crippen LogP contribution in [0.1, 0.15) is 33.4 Å². The molecule has 0 saturated heterocycles. The molecule has 222 valence electrons. The second-order valence-electron chi connectivity index (χ2n) is 12.3. The van der Waals surface area contributed by atoms with Gasteiger partial charge in [0.05, 0.1) is 10.6 Å². The van der Waals surface area contributed by atoms with Crippen LogP contribution in [-0.2, 0) is 4.57 Å². The van der Waals surface area contributed by atoms with E-state index in [-0.39, 0.29) is 0 Å². The number of benzene rings is 6. The number of hydrogen-bond acceptors (Lipinski definition) is 2. The van der Waals surface area contributed by atoms with Gasteiger partial charge in [0.25, 0.3) is 0 Å². The van der Waals surface area contributed by atoms with Gasteiger partial charge in [-0.05, 0) is 127 Å². The van der Waals surface area contributed by atoms with Crippen LogP contribution in [0.15, 0.2) is 115 Å². The highest BCUT2D eigenvalue weighted by atomic mass is 31.2. The summed E-state index contributed by atoms with van der Waals surface area (Å²) >= 11 is 0. The molecule has 6 aromatic rings. The maximum atomic E-state index is 15.9. The number of para-hydroxylation sites is 1. The Hall–Kier alpha value is -4.65. The fraction of sp³-hybridized carbons (Fsp3) is 0.143. The van der Waals surface area contributed by atoms with Crippen LogP contribution >= 0.6 is 7.37 Å². The predicted molar refractivity (Wildman–Crippen MR) is 191 cm³/mol. The topological polar surface area (TPSA) is 26.3 Å². The molecular formula is C42H37O2P. The monoisotopic (exact) mass is 604 g/mol. The highest BCUT2D eigenvalue weighted by molar-refractivity contribution is 7.75. The van der Waals surface area contributed by atoms with Crippen LogP contribution in [0.25, 0.3) is 44.5 Å². The first-order valence-electron chi connectivity index (χ1n) is 15.6. The Morgan fingerprint density at radius 3 is 1.44 bits per heavy atom. The molecule has 0 radical (unpaired) electrons. The zero-order chi connectivity index (χ0) is 31.5. The van der Waals surface area contributed by atoms with Crippen molar-refractivity contribution in [1.29, 1.82) is 0 Å². The van der Waals surface area contributed by atoms with Gasteiger partial charge in [-0.15, -0.1) is 0 Å². The summed E-state index contributed by atoms with van der Waals surface area (Å²) in [5.41, 5.74) is 15.7. The lowest BCUT2D eigenvalue weighted by atomic mass is 9.78. The molecule has 0 spiro atoms. The molecule has 1 atom stereocenters. The molecule has 0 aliphatic carbocycles. The van der Waals surface area contributed by atoms with E-state index in [0.29, 0.717) is 11.1 Å². The first-order valence-corrected chi connectivity index (χ1v) is 17.2. The molecule has 0 bridgehead atoms. The molecule has 45 heavy (non-hydrogen) atoms. The van der Waals surface area contributed by atoms with Gasteiger partial charge < -0.3 is 4.52 Å². The third-order valence-electron chi connectivity index (χ3n) is 9.31. The van der Waals surface area contributed by atoms with Crippen molar-refractivity contribution in [2.75, 3.05) is 0 Å². The molecule has 1 unspecified atom stereocenters. The zero-order valence-corrected chi connectivity index (χ0v) is 27.6. The van der Waals surface area contributed by atoms with E-state index >= 15 is 4.57 Å². The second-order valence-corrected chi connectivity index (χ2v) is 14.6. The minimum Gasteiger partial charge on any atom is -0.436 e. The van der Waals surface area contributed by atoms with Gasteiger partial charge in [-0.1, -0.05) is 91.0 Å². The molecule has 0 N–H and O–H groups in total. The van der Waals surface area contributed by atoms with Crippen molar-refractivity contribution in [2.24, 2.45) is 0 Å². The number of fused-ring (bicyclic) bond motifs is 3. The molecule has 2 nitrogen and oxygen atoms in total. The molecule has 1 aliphatic rings. The molecule has 6 aromatic carbocycles. The van der Waals surface area contributed by atoms with Crippen LogP contribution in [-0.4, -0.2) is 0 Å². The van der Waals surface area contributed by atoms with Crippen LogP contribution in [0.5, 0.6) is 5.75 Å². The Kier molecular flexibility index (Phi) is 7.15. The summed E-state index contributed by atoms with van der Waals surface area (Å²) < 4.78 is 22.7. The van der Waals surface area contributed by atoms with E-state index in [1.54, 1.807) is 0 Å². The van der Waals surface area contributed by atoms with E-state index < -0.39 is 7.37 Å². The number of aryl methyl sites for hydroxylation is 6. The van der Waals surface area contributed by atoms with Gasteiger partial charge in [0.15, 0.2) is 0 Å². The Balaban J connectivity index is 1.82. The molecule has 0 amide bonds. The smallest absolute Gasteiger partial charge is 0.308 e. The normalized spacial score (nSPS) is 15.2. The molecule has 0 aromatic heterocycles. The summed E-state index contributed by atoms with van der Waals surface area (Å²) in [7, 11) is -3.64. The van der Waals surface area contributed by atoms with E-state index in [0.717, 1.165) is 49.8 Å².